The van der Waals surface area contributed by atoms with E-state index < -0.39 is 47.8 Å². The fourth-order valence-corrected chi connectivity index (χ4v) is 1.70. The fourth-order valence-electron chi connectivity index (χ4n) is 1.70. The van der Waals surface area contributed by atoms with Crippen molar-refractivity contribution in [1.29, 1.82) is 0 Å². The molecule has 5 nitrogen and oxygen atoms in total. The molecule has 0 radical (unpaired) electrons. The van der Waals surface area contributed by atoms with Gasteiger partial charge in [0, 0.05) is 0 Å². The number of alkyl halides is 6. The Morgan fingerprint density at radius 2 is 1.50 bits per heavy atom. The Hall–Kier alpha value is -2.82. The van der Waals surface area contributed by atoms with E-state index in [1.165, 1.54) is 6.08 Å². The first-order chi connectivity index (χ1) is 12.8. The summed E-state index contributed by atoms with van der Waals surface area (Å²) in [5.74, 6) is -3.45. The number of hydrogen-bond acceptors (Lipinski definition) is 5. The van der Waals surface area contributed by atoms with E-state index in [1.807, 2.05) is 0 Å². The molecule has 0 N–H and O–H groups in total. The maximum atomic E-state index is 12.7. The standard InChI is InChI=1S/C17H14F6O5/c1-3-4-26-8-10(2)15(25)27-9-14(24)28-13-6-11(16(18,19)20)5-12(7-13)17(21,22)23/h3,5-7H,1-2,4,8-9H2. The summed E-state index contributed by atoms with van der Waals surface area (Å²) in [5.41, 5.74) is -3.49. The number of rotatable bonds is 8. The molecule has 1 aromatic rings. The summed E-state index contributed by atoms with van der Waals surface area (Å²) in [7, 11) is 0. The molecule has 1 rings (SSSR count). The summed E-state index contributed by atoms with van der Waals surface area (Å²) in [4.78, 5) is 23.1. The van der Waals surface area contributed by atoms with Crippen LogP contribution in [-0.2, 0) is 31.4 Å². The molecule has 0 amide bonds. The normalized spacial score (nSPS) is 11.6. The number of ether oxygens (including phenoxy) is 3. The maximum absolute atomic E-state index is 12.7. The molecule has 0 bridgehead atoms. The van der Waals surface area contributed by atoms with Gasteiger partial charge in [-0.05, 0) is 18.2 Å². The maximum Gasteiger partial charge on any atom is 0.416 e. The Labute approximate surface area is 155 Å². The molecule has 0 aliphatic rings. The van der Waals surface area contributed by atoms with Crippen LogP contribution in [0.15, 0.2) is 43.0 Å². The van der Waals surface area contributed by atoms with Crippen LogP contribution < -0.4 is 4.74 Å². The van der Waals surface area contributed by atoms with E-state index in [2.05, 4.69) is 22.6 Å². The number of carbonyl (C=O) groups excluding carboxylic acids is 2. The molecule has 0 aromatic heterocycles. The third-order valence-corrected chi connectivity index (χ3v) is 2.91. The van der Waals surface area contributed by atoms with Crippen LogP contribution in [-0.4, -0.2) is 31.8 Å². The van der Waals surface area contributed by atoms with Crippen molar-refractivity contribution in [3.8, 4) is 5.75 Å². The predicted octanol–water partition coefficient (Wildman–Crippen LogP) is 3.93. The van der Waals surface area contributed by atoms with Gasteiger partial charge in [0.15, 0.2) is 6.61 Å². The van der Waals surface area contributed by atoms with Gasteiger partial charge in [-0.1, -0.05) is 12.7 Å². The van der Waals surface area contributed by atoms with Gasteiger partial charge in [-0.25, -0.2) is 9.59 Å². The van der Waals surface area contributed by atoms with Crippen molar-refractivity contribution in [3.63, 3.8) is 0 Å². The molecule has 0 saturated heterocycles. The van der Waals surface area contributed by atoms with Gasteiger partial charge in [-0.15, -0.1) is 6.58 Å². The lowest BCUT2D eigenvalue weighted by molar-refractivity contribution is -0.151. The molecule has 0 aliphatic heterocycles. The molecule has 0 unspecified atom stereocenters. The highest BCUT2D eigenvalue weighted by atomic mass is 19.4. The molecule has 0 spiro atoms. The van der Waals surface area contributed by atoms with Crippen LogP contribution in [0.2, 0.25) is 0 Å². The quantitative estimate of drug-likeness (QED) is 0.162. The van der Waals surface area contributed by atoms with Crippen LogP contribution in [0.25, 0.3) is 0 Å². The van der Waals surface area contributed by atoms with Gasteiger partial charge in [0.05, 0.1) is 29.9 Å². The fraction of sp³-hybridized carbons (Fsp3) is 0.294. The zero-order valence-corrected chi connectivity index (χ0v) is 14.2. The summed E-state index contributed by atoms with van der Waals surface area (Å²) >= 11 is 0. The van der Waals surface area contributed by atoms with Crippen LogP contribution >= 0.6 is 0 Å². The molecule has 0 saturated carbocycles. The first-order valence-electron chi connectivity index (χ1n) is 7.38. The third-order valence-electron chi connectivity index (χ3n) is 2.91. The van der Waals surface area contributed by atoms with Gasteiger partial charge >= 0.3 is 24.3 Å². The third kappa shape index (κ3) is 7.43. The van der Waals surface area contributed by atoms with Crippen LogP contribution in [0.1, 0.15) is 11.1 Å². The van der Waals surface area contributed by atoms with E-state index in [4.69, 9.17) is 4.74 Å². The van der Waals surface area contributed by atoms with Crippen LogP contribution in [0, 0.1) is 0 Å². The van der Waals surface area contributed by atoms with E-state index in [1.54, 1.807) is 0 Å². The second kappa shape index (κ2) is 9.40. The summed E-state index contributed by atoms with van der Waals surface area (Å²) in [5, 5.41) is 0. The summed E-state index contributed by atoms with van der Waals surface area (Å²) < 4.78 is 90.3. The lowest BCUT2D eigenvalue weighted by Gasteiger charge is -2.14. The molecular weight excluding hydrogens is 398 g/mol. The number of halogens is 6. The molecule has 0 aliphatic carbocycles. The van der Waals surface area contributed by atoms with Crippen molar-refractivity contribution in [2.45, 2.75) is 12.4 Å². The first-order valence-corrected chi connectivity index (χ1v) is 7.38. The van der Waals surface area contributed by atoms with Gasteiger partial charge < -0.3 is 14.2 Å². The molecule has 28 heavy (non-hydrogen) atoms. The predicted molar refractivity (Wildman–Crippen MR) is 83.2 cm³/mol. The van der Waals surface area contributed by atoms with Crippen molar-refractivity contribution in [1.82, 2.24) is 0 Å². The molecule has 1 aromatic carbocycles. The van der Waals surface area contributed by atoms with E-state index >= 15 is 0 Å². The summed E-state index contributed by atoms with van der Waals surface area (Å²) in [6, 6.07) is 0.318. The zero-order chi connectivity index (χ0) is 21.5. The average molecular weight is 412 g/mol. The Morgan fingerprint density at radius 3 is 1.96 bits per heavy atom. The molecule has 154 valence electrons. The highest BCUT2D eigenvalue weighted by molar-refractivity contribution is 5.89. The second-order valence-electron chi connectivity index (χ2n) is 5.20. The Bertz CT molecular complexity index is 719. The minimum absolute atomic E-state index is 0.116. The SMILES string of the molecule is C=CCOCC(=C)C(=O)OCC(=O)Oc1cc(C(F)(F)F)cc(C(F)(F)F)c1. The van der Waals surface area contributed by atoms with Crippen molar-refractivity contribution in [2.75, 3.05) is 19.8 Å². The molecule has 0 atom stereocenters. The topological polar surface area (TPSA) is 61.8 Å². The smallest absolute Gasteiger partial charge is 0.416 e. The minimum atomic E-state index is -5.10. The van der Waals surface area contributed by atoms with Crippen LogP contribution in [0.5, 0.6) is 5.75 Å². The van der Waals surface area contributed by atoms with Gasteiger partial charge in [-0.3, -0.25) is 0 Å². The zero-order valence-electron chi connectivity index (χ0n) is 14.2. The van der Waals surface area contributed by atoms with E-state index in [9.17, 15) is 35.9 Å². The number of benzene rings is 1. The average Bonchev–Trinajstić information content (AvgIpc) is 2.58. The van der Waals surface area contributed by atoms with Gasteiger partial charge in [-0.2, -0.15) is 26.3 Å². The van der Waals surface area contributed by atoms with E-state index in [-0.39, 0.29) is 37.0 Å². The monoisotopic (exact) mass is 412 g/mol. The van der Waals surface area contributed by atoms with Crippen molar-refractivity contribution < 1.29 is 50.1 Å². The number of esters is 2. The first kappa shape index (κ1) is 23.2. The minimum Gasteiger partial charge on any atom is -0.450 e. The Morgan fingerprint density at radius 1 is 0.964 bits per heavy atom. The van der Waals surface area contributed by atoms with E-state index in [0.29, 0.717) is 0 Å². The molecule has 11 heteroatoms. The van der Waals surface area contributed by atoms with Gasteiger partial charge in [0.1, 0.15) is 5.75 Å². The molecule has 0 fully saturated rings. The highest BCUT2D eigenvalue weighted by Crippen LogP contribution is 2.38. The van der Waals surface area contributed by atoms with Gasteiger partial charge in [0.2, 0.25) is 0 Å². The Balaban J connectivity index is 2.79. The number of hydrogen-bond donors (Lipinski definition) is 0. The van der Waals surface area contributed by atoms with Crippen LogP contribution in [0.3, 0.4) is 0 Å². The molecular formula is C17H14F6O5. The van der Waals surface area contributed by atoms with Crippen molar-refractivity contribution in [2.24, 2.45) is 0 Å². The summed E-state index contributed by atoms with van der Waals surface area (Å²) in [6.07, 6.45) is -8.80. The lowest BCUT2D eigenvalue weighted by Crippen LogP contribution is -2.21. The van der Waals surface area contributed by atoms with Crippen LogP contribution in [0.4, 0.5) is 26.3 Å². The van der Waals surface area contributed by atoms with Crippen molar-refractivity contribution in [3.05, 3.63) is 54.1 Å². The van der Waals surface area contributed by atoms with Gasteiger partial charge in [0.25, 0.3) is 0 Å². The lowest BCUT2D eigenvalue weighted by atomic mass is 10.1. The Kier molecular flexibility index (Phi) is 7.79. The number of carbonyl (C=O) groups is 2. The largest absolute Gasteiger partial charge is 0.450 e. The molecule has 0 heterocycles. The second-order valence-corrected chi connectivity index (χ2v) is 5.20. The summed E-state index contributed by atoms with van der Waals surface area (Å²) in [6.45, 7) is 5.53. The van der Waals surface area contributed by atoms with Crippen molar-refractivity contribution >= 4 is 11.9 Å². The van der Waals surface area contributed by atoms with E-state index in [0.717, 1.165) is 0 Å². The highest BCUT2D eigenvalue weighted by Gasteiger charge is 2.37.